The number of rotatable bonds is 5. The summed E-state index contributed by atoms with van der Waals surface area (Å²) in [5.41, 5.74) is 2.67. The van der Waals surface area contributed by atoms with Gasteiger partial charge in [-0.2, -0.15) is 0 Å². The van der Waals surface area contributed by atoms with E-state index in [0.29, 0.717) is 12.1 Å². The maximum Gasteiger partial charge on any atom is 0.309 e. The van der Waals surface area contributed by atoms with Crippen molar-refractivity contribution in [3.05, 3.63) is 48.0 Å². The Morgan fingerprint density at radius 2 is 2.08 bits per heavy atom. The van der Waals surface area contributed by atoms with Crippen LogP contribution in [-0.2, 0) is 14.3 Å². The molecular weight excluding hydrogens is 320 g/mol. The smallest absolute Gasteiger partial charge is 0.309 e. The largest absolute Gasteiger partial charge is 0.455 e. The Balaban J connectivity index is 1.50. The number of anilines is 1. The Morgan fingerprint density at radius 1 is 1.28 bits per heavy atom. The highest BCUT2D eigenvalue weighted by molar-refractivity contribution is 5.92. The molecule has 0 spiro atoms. The van der Waals surface area contributed by atoms with Crippen LogP contribution in [0, 0.1) is 12.8 Å². The fraction of sp³-hybridized carbons (Fsp3) is 0.316. The van der Waals surface area contributed by atoms with E-state index in [0.717, 1.165) is 24.0 Å². The maximum absolute atomic E-state index is 11.9. The van der Waals surface area contributed by atoms with Gasteiger partial charge in [-0.1, -0.05) is 47.1 Å². The number of ether oxygens (including phenoxy) is 1. The van der Waals surface area contributed by atoms with E-state index >= 15 is 0 Å². The average Bonchev–Trinajstić information content (AvgIpc) is 3.09. The Hall–Kier alpha value is -2.89. The first-order valence-electron chi connectivity index (χ1n) is 8.27. The molecule has 1 aliphatic carbocycles. The summed E-state index contributed by atoms with van der Waals surface area (Å²) in [6.45, 7) is 1.67. The number of carbonyl (C=O) groups excluding carboxylic acids is 2. The molecule has 1 aromatic heterocycles. The second-order valence-corrected chi connectivity index (χ2v) is 6.08. The molecule has 130 valence electrons. The topological polar surface area (TPSA) is 81.4 Å². The number of amides is 1. The van der Waals surface area contributed by atoms with Gasteiger partial charge in [0.05, 0.1) is 5.92 Å². The van der Waals surface area contributed by atoms with Crippen LogP contribution in [0.2, 0.25) is 0 Å². The molecule has 1 aromatic carbocycles. The number of aryl methyl sites for hydroxylation is 1. The van der Waals surface area contributed by atoms with Gasteiger partial charge in [-0.15, -0.1) is 0 Å². The van der Waals surface area contributed by atoms with Crippen molar-refractivity contribution in [2.45, 2.75) is 26.2 Å². The number of nitrogens with one attached hydrogen (secondary N) is 1. The summed E-state index contributed by atoms with van der Waals surface area (Å²) in [7, 11) is 0. The molecular formula is C19H20N2O4. The van der Waals surface area contributed by atoms with Crippen molar-refractivity contribution in [2.75, 3.05) is 11.9 Å². The number of hydrogen-bond acceptors (Lipinski definition) is 5. The van der Waals surface area contributed by atoms with E-state index in [9.17, 15) is 9.59 Å². The number of carbonyl (C=O) groups is 2. The van der Waals surface area contributed by atoms with E-state index in [1.165, 1.54) is 0 Å². The quantitative estimate of drug-likeness (QED) is 0.665. The Labute approximate surface area is 145 Å². The number of esters is 1. The van der Waals surface area contributed by atoms with Gasteiger partial charge in [-0.25, -0.2) is 0 Å². The fourth-order valence-electron chi connectivity index (χ4n) is 2.63. The van der Waals surface area contributed by atoms with Crippen molar-refractivity contribution in [3.8, 4) is 11.3 Å². The molecule has 2 aromatic rings. The van der Waals surface area contributed by atoms with Gasteiger partial charge in [0.25, 0.3) is 5.91 Å². The van der Waals surface area contributed by atoms with Gasteiger partial charge in [-0.3, -0.25) is 14.9 Å². The Morgan fingerprint density at radius 3 is 2.80 bits per heavy atom. The van der Waals surface area contributed by atoms with Crippen LogP contribution in [0.15, 0.2) is 47.0 Å². The van der Waals surface area contributed by atoms with E-state index < -0.39 is 5.91 Å². The minimum absolute atomic E-state index is 0.156. The van der Waals surface area contributed by atoms with Crippen LogP contribution in [0.3, 0.4) is 0 Å². The summed E-state index contributed by atoms with van der Waals surface area (Å²) in [4.78, 5) is 23.8. The summed E-state index contributed by atoms with van der Waals surface area (Å²) in [6.07, 6.45) is 6.32. The molecule has 6 nitrogen and oxygen atoms in total. The van der Waals surface area contributed by atoms with Crippen LogP contribution in [0.1, 0.15) is 24.8 Å². The molecule has 6 heteroatoms. The Bertz CT molecular complexity index is 777. The highest BCUT2D eigenvalue weighted by Crippen LogP contribution is 2.22. The average molecular weight is 340 g/mol. The number of nitrogens with zero attached hydrogens (tertiary/aromatic N) is 1. The van der Waals surface area contributed by atoms with E-state index in [1.807, 2.05) is 43.3 Å². The second-order valence-electron chi connectivity index (χ2n) is 6.08. The third kappa shape index (κ3) is 4.56. The number of benzene rings is 1. The number of hydrogen-bond donors (Lipinski definition) is 1. The van der Waals surface area contributed by atoms with Crippen LogP contribution in [0.4, 0.5) is 5.88 Å². The third-order valence-corrected chi connectivity index (χ3v) is 4.07. The molecule has 1 atom stereocenters. The van der Waals surface area contributed by atoms with Crippen LogP contribution in [0.25, 0.3) is 11.3 Å². The van der Waals surface area contributed by atoms with Crippen molar-refractivity contribution in [2.24, 2.45) is 5.92 Å². The van der Waals surface area contributed by atoms with E-state index in [1.54, 1.807) is 6.07 Å². The van der Waals surface area contributed by atoms with Gasteiger partial charge in [0.2, 0.25) is 5.88 Å². The molecule has 25 heavy (non-hydrogen) atoms. The summed E-state index contributed by atoms with van der Waals surface area (Å²) < 4.78 is 10.2. The summed E-state index contributed by atoms with van der Waals surface area (Å²) in [6, 6.07) is 9.44. The zero-order chi connectivity index (χ0) is 17.6. The first kappa shape index (κ1) is 17.0. The number of aromatic nitrogens is 1. The summed E-state index contributed by atoms with van der Waals surface area (Å²) in [5.74, 6) is -0.725. The lowest BCUT2D eigenvalue weighted by Gasteiger charge is -2.15. The van der Waals surface area contributed by atoms with Gasteiger partial charge in [0.1, 0.15) is 5.69 Å². The molecule has 1 N–H and O–H groups in total. The molecule has 0 radical (unpaired) electrons. The van der Waals surface area contributed by atoms with Gasteiger partial charge < -0.3 is 9.26 Å². The highest BCUT2D eigenvalue weighted by atomic mass is 16.5. The molecule has 0 bridgehead atoms. The third-order valence-electron chi connectivity index (χ3n) is 4.07. The molecule has 0 aliphatic heterocycles. The number of allylic oxidation sites excluding steroid dienone is 2. The maximum atomic E-state index is 11.9. The SMILES string of the molecule is Cc1ccc(-c2cc(NC(=O)COC(=O)[C@H]3CC=CCC3)on2)cc1. The normalized spacial score (nSPS) is 16.4. The van der Waals surface area contributed by atoms with Crippen LogP contribution in [-0.4, -0.2) is 23.6 Å². The lowest BCUT2D eigenvalue weighted by molar-refractivity contribution is -0.151. The summed E-state index contributed by atoms with van der Waals surface area (Å²) >= 11 is 0. The second kappa shape index (κ2) is 7.79. The molecule has 0 saturated heterocycles. The molecule has 0 unspecified atom stereocenters. The minimum atomic E-state index is -0.452. The molecule has 1 heterocycles. The van der Waals surface area contributed by atoms with Crippen LogP contribution < -0.4 is 5.32 Å². The molecule has 3 rings (SSSR count). The van der Waals surface area contributed by atoms with Crippen molar-refractivity contribution in [1.29, 1.82) is 0 Å². The lowest BCUT2D eigenvalue weighted by Crippen LogP contribution is -2.25. The predicted octanol–water partition coefficient (Wildman–Crippen LogP) is 3.49. The van der Waals surface area contributed by atoms with Crippen molar-refractivity contribution in [3.63, 3.8) is 0 Å². The zero-order valence-electron chi connectivity index (χ0n) is 14.0. The van der Waals surface area contributed by atoms with E-state index in [2.05, 4.69) is 10.5 Å². The van der Waals surface area contributed by atoms with E-state index in [4.69, 9.17) is 9.26 Å². The molecule has 0 fully saturated rings. The first-order chi connectivity index (χ1) is 12.1. The van der Waals surface area contributed by atoms with Gasteiger partial charge in [0, 0.05) is 11.6 Å². The lowest BCUT2D eigenvalue weighted by atomic mass is 9.95. The van der Waals surface area contributed by atoms with E-state index in [-0.39, 0.29) is 24.4 Å². The van der Waals surface area contributed by atoms with Crippen LogP contribution >= 0.6 is 0 Å². The monoisotopic (exact) mass is 340 g/mol. The van der Waals surface area contributed by atoms with Gasteiger partial charge >= 0.3 is 5.97 Å². The molecule has 1 amide bonds. The summed E-state index contributed by atoms with van der Waals surface area (Å²) in [5, 5.41) is 6.48. The standard InChI is InChI=1S/C19H20N2O4/c1-13-7-9-14(10-8-13)16-11-18(25-21-16)20-17(22)12-24-19(23)15-5-3-2-4-6-15/h2-3,7-11,15H,4-6,12H2,1H3,(H,20,22)/t15-/m0/s1. The van der Waals surface area contributed by atoms with Crippen LogP contribution in [0.5, 0.6) is 0 Å². The first-order valence-corrected chi connectivity index (χ1v) is 8.27. The van der Waals surface area contributed by atoms with Crippen molar-refractivity contribution in [1.82, 2.24) is 5.16 Å². The minimum Gasteiger partial charge on any atom is -0.455 e. The Kier molecular flexibility index (Phi) is 5.28. The molecule has 0 saturated carbocycles. The van der Waals surface area contributed by atoms with Gasteiger partial charge in [0.15, 0.2) is 6.61 Å². The van der Waals surface area contributed by atoms with Gasteiger partial charge in [-0.05, 0) is 26.2 Å². The van der Waals surface area contributed by atoms with Crippen molar-refractivity contribution < 1.29 is 18.8 Å². The molecule has 1 aliphatic rings. The highest BCUT2D eigenvalue weighted by Gasteiger charge is 2.21. The predicted molar refractivity (Wildman–Crippen MR) is 92.7 cm³/mol. The van der Waals surface area contributed by atoms with Crippen molar-refractivity contribution >= 4 is 17.8 Å². The fourth-order valence-corrected chi connectivity index (χ4v) is 2.63. The zero-order valence-corrected chi connectivity index (χ0v) is 14.0.